The molecule has 44 heavy (non-hydrogen) atoms. The van der Waals surface area contributed by atoms with Crippen molar-refractivity contribution >= 4 is 6.09 Å². The third-order valence-electron chi connectivity index (χ3n) is 14.6. The highest BCUT2D eigenvalue weighted by Gasteiger charge is 2.80. The molecule has 2 saturated heterocycles. The lowest BCUT2D eigenvalue weighted by molar-refractivity contribution is -0.243. The molecule has 2 heterocycles. The minimum atomic E-state index is -0.511. The Balaban J connectivity index is 1.03. The summed E-state index contributed by atoms with van der Waals surface area (Å²) in [5.41, 5.74) is 0.906. The van der Waals surface area contributed by atoms with Gasteiger partial charge in [-0.3, -0.25) is 0 Å². The molecule has 0 aromatic heterocycles. The number of carbonyl (C=O) groups is 1. The van der Waals surface area contributed by atoms with Crippen LogP contribution in [0.2, 0.25) is 0 Å². The van der Waals surface area contributed by atoms with Crippen LogP contribution in [-0.2, 0) is 18.9 Å². The number of carbonyl (C=O) groups excluding carboxylic acids is 1. The van der Waals surface area contributed by atoms with E-state index in [0.717, 1.165) is 24.7 Å². The van der Waals surface area contributed by atoms with Gasteiger partial charge in [0.2, 0.25) is 0 Å². The van der Waals surface area contributed by atoms with Crippen LogP contribution in [0.25, 0.3) is 0 Å². The van der Waals surface area contributed by atoms with Gasteiger partial charge in [-0.25, -0.2) is 4.79 Å². The Hall–Kier alpha value is -0.890. The van der Waals surface area contributed by atoms with E-state index < -0.39 is 11.9 Å². The van der Waals surface area contributed by atoms with Crippen molar-refractivity contribution in [3.63, 3.8) is 0 Å². The minimum absolute atomic E-state index is 0.0115. The van der Waals surface area contributed by atoms with Gasteiger partial charge in [0.05, 0.1) is 37.6 Å². The van der Waals surface area contributed by atoms with Gasteiger partial charge in [0.25, 0.3) is 0 Å². The number of aliphatic hydroxyl groups excluding tert-OH is 1. The van der Waals surface area contributed by atoms with Gasteiger partial charge in [-0.1, -0.05) is 34.6 Å². The standard InChI is InChI=1S/C37H61NO6/c1-22(2)31(39)26-11-9-24-27(42-26)19-25-23-10-12-28-34(6,7)29(13-14-37(28)21-36(23,37)16-15-35(24,25)8)43-30-20-38(17-18-41-30)32(40)44-33(3,4)5/h22-31,39H,9-21H2,1-8H3/t23?,24?,25?,26?,27?,28?,29-,30?,31+,35+,36-,37+/m0/s1. The highest BCUT2D eigenvalue weighted by molar-refractivity contribution is 5.68. The van der Waals surface area contributed by atoms with Crippen LogP contribution in [0.4, 0.5) is 4.79 Å². The molecule has 7 unspecified atom stereocenters. The van der Waals surface area contributed by atoms with Gasteiger partial charge in [0, 0.05) is 6.54 Å². The molecule has 5 aliphatic carbocycles. The number of rotatable bonds is 4. The molecule has 12 atom stereocenters. The molecule has 0 bridgehead atoms. The van der Waals surface area contributed by atoms with Crippen LogP contribution in [0.1, 0.15) is 120 Å². The second-order valence-corrected chi connectivity index (χ2v) is 18.4. The summed E-state index contributed by atoms with van der Waals surface area (Å²) >= 11 is 0. The van der Waals surface area contributed by atoms with Gasteiger partial charge in [0.1, 0.15) is 5.60 Å². The maximum atomic E-state index is 12.8. The number of nitrogens with zero attached hydrogens (tertiary/aromatic N) is 1. The summed E-state index contributed by atoms with van der Waals surface area (Å²) in [6.45, 7) is 19.0. The fourth-order valence-electron chi connectivity index (χ4n) is 12.6. The highest BCUT2D eigenvalue weighted by atomic mass is 16.7. The first kappa shape index (κ1) is 31.7. The molecule has 7 heteroatoms. The molecule has 2 spiro atoms. The number of fused-ring (bicyclic) bond motifs is 4. The van der Waals surface area contributed by atoms with Crippen LogP contribution >= 0.6 is 0 Å². The van der Waals surface area contributed by atoms with E-state index in [-0.39, 0.29) is 35.7 Å². The lowest BCUT2D eigenvalue weighted by Crippen LogP contribution is -2.56. The van der Waals surface area contributed by atoms with E-state index in [1.54, 1.807) is 4.90 Å². The summed E-state index contributed by atoms with van der Waals surface area (Å²) in [4.78, 5) is 14.5. The fourth-order valence-corrected chi connectivity index (χ4v) is 12.6. The normalized spacial score (nSPS) is 48.4. The predicted octanol–water partition coefficient (Wildman–Crippen LogP) is 7.19. The maximum absolute atomic E-state index is 12.8. The second-order valence-electron chi connectivity index (χ2n) is 18.4. The molecule has 1 amide bonds. The average Bonchev–Trinajstić information content (AvgIpc) is 3.53. The van der Waals surface area contributed by atoms with E-state index in [2.05, 4.69) is 34.6 Å². The van der Waals surface area contributed by atoms with E-state index in [0.29, 0.717) is 53.9 Å². The van der Waals surface area contributed by atoms with Crippen molar-refractivity contribution in [1.29, 1.82) is 0 Å². The molecule has 2 aliphatic heterocycles. The Kier molecular flexibility index (Phi) is 7.60. The molecule has 7 aliphatic rings. The molecular formula is C37H61NO6. The lowest BCUT2D eigenvalue weighted by Gasteiger charge is -2.60. The quantitative estimate of drug-likeness (QED) is 0.361. The van der Waals surface area contributed by atoms with Gasteiger partial charge in [-0.05, 0) is 136 Å². The second kappa shape index (κ2) is 10.6. The summed E-state index contributed by atoms with van der Waals surface area (Å²) in [5, 5.41) is 10.8. The summed E-state index contributed by atoms with van der Waals surface area (Å²) in [6, 6.07) is 0. The zero-order chi connectivity index (χ0) is 31.4. The van der Waals surface area contributed by atoms with Gasteiger partial charge in [-0.15, -0.1) is 0 Å². The van der Waals surface area contributed by atoms with Crippen molar-refractivity contribution in [3.8, 4) is 0 Å². The largest absolute Gasteiger partial charge is 0.444 e. The van der Waals surface area contributed by atoms with E-state index in [1.807, 2.05) is 20.8 Å². The highest BCUT2D eigenvalue weighted by Crippen LogP contribution is 2.87. The fraction of sp³-hybridized carbons (Fsp3) is 0.973. The first-order valence-corrected chi connectivity index (χ1v) is 18.2. The smallest absolute Gasteiger partial charge is 0.410 e. The number of morpholine rings is 1. The summed E-state index contributed by atoms with van der Waals surface area (Å²) in [7, 11) is 0. The molecule has 5 saturated carbocycles. The maximum Gasteiger partial charge on any atom is 0.410 e. The number of aliphatic hydroxyl groups is 1. The van der Waals surface area contributed by atoms with Gasteiger partial charge in [0.15, 0.2) is 6.29 Å². The van der Waals surface area contributed by atoms with Crippen LogP contribution in [0.15, 0.2) is 0 Å². The van der Waals surface area contributed by atoms with Crippen molar-refractivity contribution in [2.45, 2.75) is 156 Å². The molecule has 0 radical (unpaired) electrons. The van der Waals surface area contributed by atoms with E-state index in [1.165, 1.54) is 51.4 Å². The van der Waals surface area contributed by atoms with Gasteiger partial charge < -0.3 is 29.0 Å². The summed E-state index contributed by atoms with van der Waals surface area (Å²) in [5.74, 6) is 3.15. The van der Waals surface area contributed by atoms with Crippen LogP contribution in [-0.4, -0.2) is 72.1 Å². The average molecular weight is 616 g/mol. The summed E-state index contributed by atoms with van der Waals surface area (Å²) < 4.78 is 25.3. The topological polar surface area (TPSA) is 77.5 Å². The van der Waals surface area contributed by atoms with E-state index >= 15 is 0 Å². The Bertz CT molecular complexity index is 1120. The number of ether oxygens (including phenoxy) is 4. The molecular weight excluding hydrogens is 554 g/mol. The van der Waals surface area contributed by atoms with Crippen molar-refractivity contribution in [2.24, 2.45) is 51.2 Å². The minimum Gasteiger partial charge on any atom is -0.444 e. The van der Waals surface area contributed by atoms with Gasteiger partial charge in [-0.2, -0.15) is 0 Å². The zero-order valence-electron chi connectivity index (χ0n) is 28.9. The number of hydrogen-bond acceptors (Lipinski definition) is 6. The SMILES string of the molecule is CC(C)[C@@H](O)C1CCC2C(CC3C4CCC5C(C)(C)[C@@H](OC6CN(C(=O)OC(C)(C)C)CCO6)CC[C@@]56C[C@@]46CC[C@]23C)O1. The number of amides is 1. The van der Waals surface area contributed by atoms with Crippen LogP contribution in [0, 0.1) is 51.2 Å². The molecule has 0 aromatic rings. The predicted molar refractivity (Wildman–Crippen MR) is 169 cm³/mol. The van der Waals surface area contributed by atoms with Crippen LogP contribution in [0.3, 0.4) is 0 Å². The third kappa shape index (κ3) is 4.74. The van der Waals surface area contributed by atoms with Crippen LogP contribution < -0.4 is 0 Å². The Labute approximate surface area is 266 Å². The molecule has 7 fully saturated rings. The van der Waals surface area contributed by atoms with Crippen molar-refractivity contribution in [1.82, 2.24) is 4.90 Å². The molecule has 1 N–H and O–H groups in total. The van der Waals surface area contributed by atoms with Crippen LogP contribution in [0.5, 0.6) is 0 Å². The van der Waals surface area contributed by atoms with Gasteiger partial charge >= 0.3 is 6.09 Å². The first-order chi connectivity index (χ1) is 20.6. The Morgan fingerprint density at radius 1 is 0.955 bits per heavy atom. The lowest BCUT2D eigenvalue weighted by atomic mass is 9.46. The monoisotopic (exact) mass is 615 g/mol. The molecule has 7 nitrogen and oxygen atoms in total. The van der Waals surface area contributed by atoms with Crippen molar-refractivity contribution in [3.05, 3.63) is 0 Å². The van der Waals surface area contributed by atoms with Crippen molar-refractivity contribution in [2.75, 3.05) is 19.7 Å². The Morgan fingerprint density at radius 3 is 2.43 bits per heavy atom. The number of hydrogen-bond donors (Lipinski definition) is 1. The Morgan fingerprint density at radius 2 is 1.70 bits per heavy atom. The molecule has 7 rings (SSSR count). The van der Waals surface area contributed by atoms with E-state index in [4.69, 9.17) is 18.9 Å². The molecule has 250 valence electrons. The molecule has 0 aromatic carbocycles. The van der Waals surface area contributed by atoms with E-state index in [9.17, 15) is 9.90 Å². The summed E-state index contributed by atoms with van der Waals surface area (Å²) in [6.07, 6.45) is 12.0. The third-order valence-corrected chi connectivity index (χ3v) is 14.6. The first-order valence-electron chi connectivity index (χ1n) is 18.2. The zero-order valence-corrected chi connectivity index (χ0v) is 28.9. The van der Waals surface area contributed by atoms with Crippen molar-refractivity contribution < 1.29 is 28.8 Å².